The van der Waals surface area contributed by atoms with E-state index in [1.807, 2.05) is 24.3 Å². The summed E-state index contributed by atoms with van der Waals surface area (Å²) in [7, 11) is -2.76. The van der Waals surface area contributed by atoms with Gasteiger partial charge in [-0.15, -0.1) is 10.2 Å². The first-order valence-corrected chi connectivity index (χ1v) is 11.0. The minimum atomic E-state index is -4.01. The number of nitrogens with zero attached hydrogens (tertiary/aromatic N) is 5. The molecule has 0 saturated carbocycles. The van der Waals surface area contributed by atoms with E-state index in [0.29, 0.717) is 16.5 Å². The molecule has 0 radical (unpaired) electrons. The zero-order valence-corrected chi connectivity index (χ0v) is 18.0. The van der Waals surface area contributed by atoms with Gasteiger partial charge in [0.15, 0.2) is 11.6 Å². The van der Waals surface area contributed by atoms with Gasteiger partial charge in [0.05, 0.1) is 17.6 Å². The van der Waals surface area contributed by atoms with Crippen LogP contribution in [-0.2, 0) is 14.8 Å². The Hall–Kier alpha value is -4.40. The van der Waals surface area contributed by atoms with E-state index in [2.05, 4.69) is 20.0 Å². The smallest absolute Gasteiger partial charge is 0.298 e. The second kappa shape index (κ2) is 8.99. The maximum absolute atomic E-state index is 12.6. The summed E-state index contributed by atoms with van der Waals surface area (Å²) in [5.41, 5.74) is 1.06. The summed E-state index contributed by atoms with van der Waals surface area (Å²) >= 11 is 0. The van der Waals surface area contributed by atoms with Crippen LogP contribution in [-0.4, -0.2) is 31.7 Å². The third kappa shape index (κ3) is 4.08. The van der Waals surface area contributed by atoms with Crippen LogP contribution in [0.25, 0.3) is 16.5 Å². The van der Waals surface area contributed by atoms with Crippen LogP contribution >= 0.6 is 0 Å². The number of para-hydroxylation sites is 1. The van der Waals surface area contributed by atoms with Crippen molar-refractivity contribution in [3.8, 4) is 17.5 Å². The average Bonchev–Trinajstić information content (AvgIpc) is 3.27. The van der Waals surface area contributed by atoms with Crippen LogP contribution in [0.5, 0.6) is 5.75 Å². The Morgan fingerprint density at radius 1 is 1.09 bits per heavy atom. The highest BCUT2D eigenvalue weighted by molar-refractivity contribution is 7.89. The van der Waals surface area contributed by atoms with E-state index >= 15 is 0 Å². The van der Waals surface area contributed by atoms with E-state index in [4.69, 9.17) is 4.74 Å². The van der Waals surface area contributed by atoms with Gasteiger partial charge in [-0.05, 0) is 25.2 Å². The average molecular weight is 460 g/mol. The van der Waals surface area contributed by atoms with E-state index in [1.54, 1.807) is 36.4 Å². The van der Waals surface area contributed by atoms with Crippen molar-refractivity contribution in [2.24, 2.45) is 10.2 Å². The summed E-state index contributed by atoms with van der Waals surface area (Å²) in [6.07, 6.45) is 1.37. The van der Waals surface area contributed by atoms with Crippen molar-refractivity contribution in [3.05, 3.63) is 72.4 Å². The molecule has 33 heavy (non-hydrogen) atoms. The zero-order valence-electron chi connectivity index (χ0n) is 17.2. The minimum Gasteiger partial charge on any atom is -0.427 e. The van der Waals surface area contributed by atoms with Crippen molar-refractivity contribution < 1.29 is 17.9 Å². The van der Waals surface area contributed by atoms with E-state index < -0.39 is 10.0 Å². The minimum absolute atomic E-state index is 0.124. The number of carbonyl (C=O) groups excluding carboxylic acids is 1. The molecule has 0 spiro atoms. The van der Waals surface area contributed by atoms with Gasteiger partial charge in [-0.2, -0.15) is 10.4 Å². The number of benzene rings is 3. The fraction of sp³-hybridized carbons (Fsp3) is 0.0455. The van der Waals surface area contributed by atoms with Crippen molar-refractivity contribution in [1.82, 2.24) is 14.5 Å². The van der Waals surface area contributed by atoms with E-state index in [-0.39, 0.29) is 34.2 Å². The number of carbonyl (C=O) groups is 1. The highest BCUT2D eigenvalue weighted by atomic mass is 32.2. The number of aromatic nitrogens is 2. The summed E-state index contributed by atoms with van der Waals surface area (Å²) in [5, 5.41) is 23.0. The topological polar surface area (TPSA) is 139 Å². The van der Waals surface area contributed by atoms with Crippen LogP contribution in [0.1, 0.15) is 5.56 Å². The fourth-order valence-electron chi connectivity index (χ4n) is 3.24. The number of hydrogen-bond acceptors (Lipinski definition) is 8. The molecule has 11 heteroatoms. The number of nitriles is 1. The third-order valence-electron chi connectivity index (χ3n) is 4.78. The molecule has 0 fully saturated rings. The van der Waals surface area contributed by atoms with Crippen LogP contribution < -0.4 is 9.46 Å². The van der Waals surface area contributed by atoms with Crippen molar-refractivity contribution in [2.45, 2.75) is 4.90 Å². The Kier molecular flexibility index (Phi) is 5.95. The standard InChI is InChI=1S/C22H16N6O4S/c1-24-33(30,31)20-11-19(17-9-5-6-10-18(17)21(20)32-14-29)26-27-22-15(12-23)13-25-28(22)16-7-3-2-4-8-16/h2-11,13-14,24H,1H3. The lowest BCUT2D eigenvalue weighted by molar-refractivity contribution is -0.120. The first-order chi connectivity index (χ1) is 16.0. The van der Waals surface area contributed by atoms with Crippen LogP contribution in [0, 0.1) is 11.3 Å². The molecule has 0 aliphatic rings. The highest BCUT2D eigenvalue weighted by Crippen LogP contribution is 2.39. The molecule has 4 rings (SSSR count). The maximum atomic E-state index is 12.6. The molecule has 0 saturated heterocycles. The summed E-state index contributed by atoms with van der Waals surface area (Å²) in [6.45, 7) is 0.162. The third-order valence-corrected chi connectivity index (χ3v) is 6.20. The molecule has 0 aliphatic heterocycles. The molecule has 0 amide bonds. The Balaban J connectivity index is 1.94. The lowest BCUT2D eigenvalue weighted by atomic mass is 10.1. The number of hydrogen-bond donors (Lipinski definition) is 1. The Bertz CT molecular complexity index is 1520. The number of rotatable bonds is 7. The predicted molar refractivity (Wildman–Crippen MR) is 119 cm³/mol. The van der Waals surface area contributed by atoms with Crippen LogP contribution in [0.15, 0.2) is 82.0 Å². The fourth-order valence-corrected chi connectivity index (χ4v) is 4.13. The molecule has 164 valence electrons. The number of ether oxygens (including phenoxy) is 1. The normalized spacial score (nSPS) is 11.5. The van der Waals surface area contributed by atoms with Crippen molar-refractivity contribution in [1.29, 1.82) is 5.26 Å². The predicted octanol–water partition coefficient (Wildman–Crippen LogP) is 3.76. The molecule has 1 heterocycles. The van der Waals surface area contributed by atoms with Gasteiger partial charge in [-0.1, -0.05) is 42.5 Å². The van der Waals surface area contributed by atoms with Gasteiger partial charge in [0.1, 0.15) is 16.5 Å². The number of fused-ring (bicyclic) bond motifs is 1. The Morgan fingerprint density at radius 2 is 1.79 bits per heavy atom. The Morgan fingerprint density at radius 3 is 2.45 bits per heavy atom. The molecule has 0 aliphatic carbocycles. The lowest BCUT2D eigenvalue weighted by Gasteiger charge is -2.12. The largest absolute Gasteiger partial charge is 0.427 e. The summed E-state index contributed by atoms with van der Waals surface area (Å²) in [5.74, 6) is 0.0555. The van der Waals surface area contributed by atoms with Crippen LogP contribution in [0.3, 0.4) is 0 Å². The van der Waals surface area contributed by atoms with Gasteiger partial charge in [0.2, 0.25) is 10.0 Å². The van der Waals surface area contributed by atoms with E-state index in [0.717, 1.165) is 0 Å². The molecular formula is C22H16N6O4S. The molecule has 0 unspecified atom stereocenters. The SMILES string of the molecule is CNS(=O)(=O)c1cc(N=Nc2c(C#N)cnn2-c2ccccc2)c2ccccc2c1OC=O. The van der Waals surface area contributed by atoms with E-state index in [1.165, 1.54) is 24.0 Å². The van der Waals surface area contributed by atoms with Gasteiger partial charge in [0, 0.05) is 10.8 Å². The molecule has 3 aromatic carbocycles. The monoisotopic (exact) mass is 460 g/mol. The molecule has 10 nitrogen and oxygen atoms in total. The molecular weight excluding hydrogens is 444 g/mol. The molecule has 0 bridgehead atoms. The zero-order chi connectivity index (χ0) is 23.4. The maximum Gasteiger partial charge on any atom is 0.298 e. The second-order valence-electron chi connectivity index (χ2n) is 6.63. The first kappa shape index (κ1) is 21.8. The molecule has 1 aromatic heterocycles. The number of sulfonamides is 1. The molecule has 1 N–H and O–H groups in total. The van der Waals surface area contributed by atoms with Gasteiger partial charge in [-0.25, -0.2) is 17.8 Å². The quantitative estimate of drug-likeness (QED) is 0.329. The summed E-state index contributed by atoms with van der Waals surface area (Å²) in [4.78, 5) is 10.8. The van der Waals surface area contributed by atoms with Crippen molar-refractivity contribution >= 4 is 38.8 Å². The molecule has 0 atom stereocenters. The van der Waals surface area contributed by atoms with Crippen LogP contribution in [0.2, 0.25) is 0 Å². The second-order valence-corrected chi connectivity index (χ2v) is 8.49. The first-order valence-electron chi connectivity index (χ1n) is 9.55. The van der Waals surface area contributed by atoms with Gasteiger partial charge < -0.3 is 4.74 Å². The van der Waals surface area contributed by atoms with Gasteiger partial charge >= 0.3 is 0 Å². The van der Waals surface area contributed by atoms with Crippen molar-refractivity contribution in [2.75, 3.05) is 7.05 Å². The van der Waals surface area contributed by atoms with Gasteiger partial charge in [-0.3, -0.25) is 4.79 Å². The number of nitrogens with one attached hydrogen (secondary N) is 1. The number of azo groups is 1. The highest BCUT2D eigenvalue weighted by Gasteiger charge is 2.23. The molecule has 4 aromatic rings. The Labute approximate surface area is 188 Å². The summed E-state index contributed by atoms with van der Waals surface area (Å²) in [6, 6.07) is 19.1. The lowest BCUT2D eigenvalue weighted by Crippen LogP contribution is -2.19. The van der Waals surface area contributed by atoms with Crippen LogP contribution in [0.4, 0.5) is 11.5 Å². The van der Waals surface area contributed by atoms with E-state index in [9.17, 15) is 18.5 Å². The van der Waals surface area contributed by atoms with Crippen molar-refractivity contribution in [3.63, 3.8) is 0 Å². The summed E-state index contributed by atoms with van der Waals surface area (Å²) < 4.78 is 34.0. The van der Waals surface area contributed by atoms with Gasteiger partial charge in [0.25, 0.3) is 6.47 Å².